The van der Waals surface area contributed by atoms with E-state index in [9.17, 15) is 10.1 Å². The summed E-state index contributed by atoms with van der Waals surface area (Å²) in [4.78, 5) is 15.2. The maximum absolute atomic E-state index is 11.4. The molecule has 2 aromatic rings. The molecule has 3 atom stereocenters. The highest BCUT2D eigenvalue weighted by atomic mass is 32.1. The van der Waals surface area contributed by atoms with Crippen LogP contribution in [0.2, 0.25) is 0 Å². The Labute approximate surface area is 121 Å². The van der Waals surface area contributed by atoms with E-state index < -0.39 is 0 Å². The molecule has 106 valence electrons. The summed E-state index contributed by atoms with van der Waals surface area (Å²) < 4.78 is 0.857. The number of fused-ring (bicyclic) bond motifs is 1. The summed E-state index contributed by atoms with van der Waals surface area (Å²) in [5.41, 5.74) is 2.85. The Bertz CT molecular complexity index is 655. The lowest BCUT2D eigenvalue weighted by atomic mass is 9.97. The van der Waals surface area contributed by atoms with Gasteiger partial charge in [0.15, 0.2) is 5.52 Å². The van der Waals surface area contributed by atoms with Gasteiger partial charge in [-0.05, 0) is 36.8 Å². The van der Waals surface area contributed by atoms with Crippen molar-refractivity contribution in [2.75, 3.05) is 5.32 Å². The summed E-state index contributed by atoms with van der Waals surface area (Å²) in [5, 5.41) is 14.8. The van der Waals surface area contributed by atoms with Gasteiger partial charge in [0, 0.05) is 6.04 Å². The Morgan fingerprint density at radius 3 is 2.85 bits per heavy atom. The summed E-state index contributed by atoms with van der Waals surface area (Å²) in [6.45, 7) is 4.45. The van der Waals surface area contributed by atoms with Crippen molar-refractivity contribution in [2.24, 2.45) is 11.8 Å². The Kier molecular flexibility index (Phi) is 3.33. The molecule has 0 bridgehead atoms. The molecule has 1 aromatic carbocycles. The average molecular weight is 291 g/mol. The van der Waals surface area contributed by atoms with Crippen molar-refractivity contribution in [3.8, 4) is 0 Å². The number of nitro benzene ring substituents is 1. The fourth-order valence-electron chi connectivity index (χ4n) is 2.99. The van der Waals surface area contributed by atoms with Gasteiger partial charge in [0.25, 0.3) is 0 Å². The zero-order valence-corrected chi connectivity index (χ0v) is 12.3. The molecule has 0 amide bonds. The van der Waals surface area contributed by atoms with Gasteiger partial charge >= 0.3 is 5.69 Å². The van der Waals surface area contributed by atoms with Crippen molar-refractivity contribution in [2.45, 2.75) is 32.7 Å². The zero-order valence-electron chi connectivity index (χ0n) is 11.5. The van der Waals surface area contributed by atoms with E-state index in [1.54, 1.807) is 5.51 Å². The van der Waals surface area contributed by atoms with Crippen LogP contribution in [-0.4, -0.2) is 15.9 Å². The third kappa shape index (κ3) is 2.14. The standard InChI is InChI=1S/C14H17N3O2S/c1-8-3-4-10(9(8)2)16-11-5-6-12-13(15-7-20-12)14(11)17(18)19/h5-10,16H,3-4H2,1-2H3. The number of anilines is 1. The van der Waals surface area contributed by atoms with Crippen molar-refractivity contribution in [3.05, 3.63) is 27.8 Å². The van der Waals surface area contributed by atoms with E-state index in [1.807, 2.05) is 12.1 Å². The van der Waals surface area contributed by atoms with E-state index >= 15 is 0 Å². The van der Waals surface area contributed by atoms with Gasteiger partial charge in [-0.2, -0.15) is 0 Å². The van der Waals surface area contributed by atoms with Crippen molar-refractivity contribution in [1.29, 1.82) is 0 Å². The topological polar surface area (TPSA) is 68.1 Å². The Hall–Kier alpha value is -1.69. The van der Waals surface area contributed by atoms with Gasteiger partial charge in [-0.1, -0.05) is 13.8 Å². The van der Waals surface area contributed by atoms with Gasteiger partial charge < -0.3 is 5.32 Å². The highest BCUT2D eigenvalue weighted by Gasteiger charge is 2.31. The molecule has 1 aliphatic carbocycles. The number of benzene rings is 1. The van der Waals surface area contributed by atoms with Crippen LogP contribution in [0.25, 0.3) is 10.2 Å². The first kappa shape index (κ1) is 13.3. The molecule has 0 radical (unpaired) electrons. The largest absolute Gasteiger partial charge is 0.376 e. The van der Waals surface area contributed by atoms with Gasteiger partial charge in [-0.3, -0.25) is 10.1 Å². The summed E-state index contributed by atoms with van der Waals surface area (Å²) >= 11 is 1.43. The van der Waals surface area contributed by atoms with Crippen LogP contribution in [0.3, 0.4) is 0 Å². The second-order valence-corrected chi connectivity index (χ2v) is 6.47. The molecule has 0 spiro atoms. The molecule has 1 saturated carbocycles. The van der Waals surface area contributed by atoms with Gasteiger partial charge in [0.2, 0.25) is 0 Å². The molecular formula is C14H17N3O2S. The predicted molar refractivity (Wildman–Crippen MR) is 81.2 cm³/mol. The van der Waals surface area contributed by atoms with E-state index in [0.29, 0.717) is 29.1 Å². The number of thiazole rings is 1. The molecular weight excluding hydrogens is 274 g/mol. The van der Waals surface area contributed by atoms with Gasteiger partial charge in [0.05, 0.1) is 15.1 Å². The van der Waals surface area contributed by atoms with Gasteiger partial charge in [-0.15, -0.1) is 11.3 Å². The average Bonchev–Trinajstić information content (AvgIpc) is 2.99. The summed E-state index contributed by atoms with van der Waals surface area (Å²) in [6, 6.07) is 4.03. The molecule has 1 fully saturated rings. The Morgan fingerprint density at radius 1 is 1.40 bits per heavy atom. The van der Waals surface area contributed by atoms with Gasteiger partial charge in [0.1, 0.15) is 5.69 Å². The molecule has 5 nitrogen and oxygen atoms in total. The van der Waals surface area contributed by atoms with Crippen LogP contribution in [0.5, 0.6) is 0 Å². The van der Waals surface area contributed by atoms with Crippen LogP contribution in [0.4, 0.5) is 11.4 Å². The van der Waals surface area contributed by atoms with Crippen molar-refractivity contribution in [1.82, 2.24) is 4.98 Å². The maximum Gasteiger partial charge on any atom is 0.319 e. The van der Waals surface area contributed by atoms with E-state index in [0.717, 1.165) is 11.1 Å². The highest BCUT2D eigenvalue weighted by molar-refractivity contribution is 7.16. The first-order valence-electron chi connectivity index (χ1n) is 6.85. The lowest BCUT2D eigenvalue weighted by Gasteiger charge is -2.20. The molecule has 0 saturated heterocycles. The second kappa shape index (κ2) is 5.01. The highest BCUT2D eigenvalue weighted by Crippen LogP contribution is 2.38. The third-order valence-electron chi connectivity index (χ3n) is 4.46. The SMILES string of the molecule is CC1CCC(Nc2ccc3scnc3c2[N+](=O)[O-])C1C. The molecule has 3 unspecified atom stereocenters. The smallest absolute Gasteiger partial charge is 0.319 e. The lowest BCUT2D eigenvalue weighted by Crippen LogP contribution is -2.24. The quantitative estimate of drug-likeness (QED) is 0.684. The number of hydrogen-bond acceptors (Lipinski definition) is 5. The fourth-order valence-corrected chi connectivity index (χ4v) is 3.67. The number of nitro groups is 1. The summed E-state index contributed by atoms with van der Waals surface area (Å²) in [6.07, 6.45) is 2.24. The Balaban J connectivity index is 1.99. The number of rotatable bonds is 3. The predicted octanol–water partition coefficient (Wildman–Crippen LogP) is 4.05. The zero-order chi connectivity index (χ0) is 14.3. The van der Waals surface area contributed by atoms with Crippen LogP contribution in [0, 0.1) is 22.0 Å². The first-order chi connectivity index (χ1) is 9.58. The van der Waals surface area contributed by atoms with Crippen LogP contribution < -0.4 is 5.32 Å². The normalized spacial score (nSPS) is 26.0. The monoisotopic (exact) mass is 291 g/mol. The van der Waals surface area contributed by atoms with Gasteiger partial charge in [-0.25, -0.2) is 4.98 Å². The van der Waals surface area contributed by atoms with E-state index in [1.165, 1.54) is 17.8 Å². The number of nitrogens with one attached hydrogen (secondary N) is 1. The molecule has 6 heteroatoms. The molecule has 1 N–H and O–H groups in total. The van der Waals surface area contributed by atoms with E-state index in [2.05, 4.69) is 24.1 Å². The molecule has 0 aliphatic heterocycles. The molecule has 20 heavy (non-hydrogen) atoms. The minimum absolute atomic E-state index is 0.107. The number of hydrogen-bond donors (Lipinski definition) is 1. The third-order valence-corrected chi connectivity index (χ3v) is 5.26. The van der Waals surface area contributed by atoms with Crippen LogP contribution in [0.15, 0.2) is 17.6 Å². The fraction of sp³-hybridized carbons (Fsp3) is 0.500. The molecule has 1 heterocycles. The number of nitrogens with zero attached hydrogens (tertiary/aromatic N) is 2. The summed E-state index contributed by atoms with van der Waals surface area (Å²) in [7, 11) is 0. The molecule has 1 aliphatic rings. The van der Waals surface area contributed by atoms with Crippen LogP contribution >= 0.6 is 11.3 Å². The lowest BCUT2D eigenvalue weighted by molar-refractivity contribution is -0.382. The van der Waals surface area contributed by atoms with E-state index in [-0.39, 0.29) is 10.6 Å². The molecule has 3 rings (SSSR count). The van der Waals surface area contributed by atoms with Crippen molar-refractivity contribution < 1.29 is 4.92 Å². The van der Waals surface area contributed by atoms with Crippen molar-refractivity contribution in [3.63, 3.8) is 0 Å². The first-order valence-corrected chi connectivity index (χ1v) is 7.73. The number of aromatic nitrogens is 1. The second-order valence-electron chi connectivity index (χ2n) is 5.58. The van der Waals surface area contributed by atoms with Crippen LogP contribution in [0.1, 0.15) is 26.7 Å². The van der Waals surface area contributed by atoms with Crippen LogP contribution in [-0.2, 0) is 0 Å². The van der Waals surface area contributed by atoms with Crippen molar-refractivity contribution >= 4 is 32.9 Å². The molecule has 1 aromatic heterocycles. The van der Waals surface area contributed by atoms with E-state index in [4.69, 9.17) is 0 Å². The summed E-state index contributed by atoms with van der Waals surface area (Å²) in [5.74, 6) is 1.19. The minimum Gasteiger partial charge on any atom is -0.376 e. The minimum atomic E-state index is -0.326. The maximum atomic E-state index is 11.4. The Morgan fingerprint density at radius 2 is 2.20 bits per heavy atom.